The molecule has 0 saturated heterocycles. The largest absolute Gasteiger partial charge is 0.335 e. The summed E-state index contributed by atoms with van der Waals surface area (Å²) in [6.45, 7) is 0. The maximum absolute atomic E-state index is 5.29. The topological polar surface area (TPSA) is 52.0 Å². The van der Waals surface area contributed by atoms with Crippen LogP contribution in [0.4, 0.5) is 0 Å². The van der Waals surface area contributed by atoms with Gasteiger partial charge in [0.05, 0.1) is 15.7 Å². The molecule has 0 saturated carbocycles. The van der Waals surface area contributed by atoms with Crippen molar-refractivity contribution in [2.24, 2.45) is 11.5 Å². The van der Waals surface area contributed by atoms with Gasteiger partial charge in [-0.2, -0.15) is 0 Å². The van der Waals surface area contributed by atoms with Crippen molar-refractivity contribution in [1.29, 1.82) is 0 Å². The Bertz CT molecular complexity index is 71.7. The summed E-state index contributed by atoms with van der Waals surface area (Å²) in [5.74, 6) is 0.979. The van der Waals surface area contributed by atoms with Gasteiger partial charge < -0.3 is 11.5 Å². The summed E-state index contributed by atoms with van der Waals surface area (Å²) in [4.78, 5) is 0. The smallest absolute Gasteiger partial charge is 0.0914 e. The molecular formula is C4H10B2N2S2. The standard InChI is InChI=1S/C4H10B2N2S2/c5-3(7)1-9-10-2-4(6)8/h3-4H,1-2,7-8H2. The molecule has 0 aliphatic rings. The first-order valence-corrected chi connectivity index (χ1v) is 5.38. The van der Waals surface area contributed by atoms with Crippen molar-refractivity contribution in [3.63, 3.8) is 0 Å². The van der Waals surface area contributed by atoms with Crippen LogP contribution in [0.25, 0.3) is 0 Å². The van der Waals surface area contributed by atoms with E-state index in [4.69, 9.17) is 27.2 Å². The maximum Gasteiger partial charge on any atom is 0.0914 e. The fourth-order valence-corrected chi connectivity index (χ4v) is 2.28. The Kier molecular flexibility index (Phi) is 6.94. The highest BCUT2D eigenvalue weighted by Crippen LogP contribution is 2.20. The molecule has 54 valence electrons. The minimum absolute atomic E-state index is 0.244. The fraction of sp³-hybridized carbons (Fsp3) is 1.00. The maximum atomic E-state index is 5.29. The van der Waals surface area contributed by atoms with E-state index in [1.165, 1.54) is 0 Å². The average Bonchev–Trinajstić information content (AvgIpc) is 1.79. The van der Waals surface area contributed by atoms with E-state index in [9.17, 15) is 0 Å². The van der Waals surface area contributed by atoms with Gasteiger partial charge in [-0.05, 0) is 11.9 Å². The molecule has 4 radical (unpaired) electrons. The molecule has 0 aromatic heterocycles. The van der Waals surface area contributed by atoms with Crippen molar-refractivity contribution in [2.75, 3.05) is 11.5 Å². The second kappa shape index (κ2) is 6.46. The Morgan fingerprint density at radius 3 is 1.50 bits per heavy atom. The zero-order chi connectivity index (χ0) is 7.98. The molecule has 0 spiro atoms. The van der Waals surface area contributed by atoms with E-state index >= 15 is 0 Å². The van der Waals surface area contributed by atoms with Crippen LogP contribution in [-0.4, -0.2) is 39.1 Å². The highest BCUT2D eigenvalue weighted by atomic mass is 33.1. The lowest BCUT2D eigenvalue weighted by Crippen LogP contribution is -2.23. The van der Waals surface area contributed by atoms with Crippen molar-refractivity contribution in [2.45, 2.75) is 11.9 Å². The minimum Gasteiger partial charge on any atom is -0.335 e. The van der Waals surface area contributed by atoms with E-state index in [2.05, 4.69) is 0 Å². The van der Waals surface area contributed by atoms with Crippen LogP contribution in [0.15, 0.2) is 0 Å². The van der Waals surface area contributed by atoms with Gasteiger partial charge in [-0.3, -0.25) is 0 Å². The van der Waals surface area contributed by atoms with Crippen LogP contribution in [0.5, 0.6) is 0 Å². The second-order valence-corrected chi connectivity index (χ2v) is 4.45. The Morgan fingerprint density at radius 1 is 1.00 bits per heavy atom. The highest BCUT2D eigenvalue weighted by molar-refractivity contribution is 8.76. The summed E-state index contributed by atoms with van der Waals surface area (Å²) in [7, 11) is 13.8. The predicted molar refractivity (Wildman–Crippen MR) is 52.4 cm³/mol. The van der Waals surface area contributed by atoms with Crippen molar-refractivity contribution in [1.82, 2.24) is 0 Å². The van der Waals surface area contributed by atoms with E-state index < -0.39 is 0 Å². The monoisotopic (exact) mass is 172 g/mol. The summed E-state index contributed by atoms with van der Waals surface area (Å²) < 4.78 is 0. The van der Waals surface area contributed by atoms with Gasteiger partial charge in [-0.1, -0.05) is 21.6 Å². The van der Waals surface area contributed by atoms with Gasteiger partial charge in [0, 0.05) is 11.5 Å². The third-order valence-electron chi connectivity index (χ3n) is 0.604. The Balaban J connectivity index is 2.91. The van der Waals surface area contributed by atoms with Gasteiger partial charge in [-0.25, -0.2) is 0 Å². The molecule has 0 amide bonds. The first-order valence-electron chi connectivity index (χ1n) is 2.89. The van der Waals surface area contributed by atoms with Gasteiger partial charge >= 0.3 is 0 Å². The van der Waals surface area contributed by atoms with E-state index in [1.807, 2.05) is 0 Å². The summed E-state index contributed by atoms with van der Waals surface area (Å²) in [5, 5.41) is 0. The summed E-state index contributed by atoms with van der Waals surface area (Å²) in [5.41, 5.74) is 10.6. The first kappa shape index (κ1) is 10.7. The molecule has 10 heavy (non-hydrogen) atoms. The lowest BCUT2D eigenvalue weighted by atomic mass is 10.0. The van der Waals surface area contributed by atoms with Crippen molar-refractivity contribution >= 4 is 37.3 Å². The Hall–Kier alpha value is 0.750. The molecular weight excluding hydrogens is 162 g/mol. The zero-order valence-electron chi connectivity index (χ0n) is 5.69. The first-order chi connectivity index (χ1) is 4.63. The molecule has 0 bridgehead atoms. The fourth-order valence-electron chi connectivity index (χ4n) is 0.253. The number of nitrogens with two attached hydrogens (primary N) is 2. The molecule has 4 N–H and O–H groups in total. The SMILES string of the molecule is [B]C(N)CSSCC([B])N. The van der Waals surface area contributed by atoms with Gasteiger partial charge in [0.25, 0.3) is 0 Å². The Morgan fingerprint density at radius 2 is 1.30 bits per heavy atom. The summed E-state index contributed by atoms with van der Waals surface area (Å²) in [6.07, 6.45) is 0. The second-order valence-electron chi connectivity index (χ2n) is 1.90. The number of hydrogen-bond acceptors (Lipinski definition) is 4. The lowest BCUT2D eigenvalue weighted by Gasteiger charge is -2.05. The third kappa shape index (κ3) is 8.75. The van der Waals surface area contributed by atoms with Gasteiger partial charge in [0.2, 0.25) is 0 Å². The summed E-state index contributed by atoms with van der Waals surface area (Å²) in [6, 6.07) is 0. The van der Waals surface area contributed by atoms with Crippen molar-refractivity contribution in [3.8, 4) is 0 Å². The normalized spacial score (nSPS) is 16.6. The summed E-state index contributed by atoms with van der Waals surface area (Å²) >= 11 is 0. The van der Waals surface area contributed by atoms with Gasteiger partial charge in [0.1, 0.15) is 0 Å². The molecule has 2 atom stereocenters. The quantitative estimate of drug-likeness (QED) is 0.326. The average molecular weight is 172 g/mol. The van der Waals surface area contributed by atoms with Gasteiger partial charge in [-0.15, -0.1) is 0 Å². The molecule has 0 rings (SSSR count). The molecule has 0 aromatic carbocycles. The van der Waals surface area contributed by atoms with E-state index in [0.29, 0.717) is 0 Å². The molecule has 6 heteroatoms. The van der Waals surface area contributed by atoms with E-state index in [1.54, 1.807) is 21.6 Å². The predicted octanol–water partition coefficient (Wildman–Crippen LogP) is -0.726. The van der Waals surface area contributed by atoms with Crippen molar-refractivity contribution < 1.29 is 0 Å². The molecule has 0 aromatic rings. The van der Waals surface area contributed by atoms with E-state index in [0.717, 1.165) is 11.5 Å². The van der Waals surface area contributed by atoms with Gasteiger partial charge in [0.15, 0.2) is 0 Å². The molecule has 0 aliphatic carbocycles. The number of hydrogen-bond donors (Lipinski definition) is 2. The van der Waals surface area contributed by atoms with Crippen LogP contribution in [0.1, 0.15) is 0 Å². The lowest BCUT2D eigenvalue weighted by molar-refractivity contribution is 1.04. The molecule has 0 heterocycles. The molecule has 2 unspecified atom stereocenters. The van der Waals surface area contributed by atoms with E-state index in [-0.39, 0.29) is 11.9 Å². The molecule has 2 nitrogen and oxygen atoms in total. The molecule has 0 fully saturated rings. The highest BCUT2D eigenvalue weighted by Gasteiger charge is 1.96. The molecule has 0 aliphatic heterocycles. The van der Waals surface area contributed by atoms with Crippen LogP contribution in [0, 0.1) is 0 Å². The zero-order valence-corrected chi connectivity index (χ0v) is 7.33. The van der Waals surface area contributed by atoms with Crippen LogP contribution >= 0.6 is 21.6 Å². The van der Waals surface area contributed by atoms with Crippen LogP contribution < -0.4 is 11.5 Å². The van der Waals surface area contributed by atoms with Crippen LogP contribution in [0.2, 0.25) is 0 Å². The number of rotatable bonds is 5. The van der Waals surface area contributed by atoms with Crippen LogP contribution in [0.3, 0.4) is 0 Å². The van der Waals surface area contributed by atoms with Crippen LogP contribution in [-0.2, 0) is 0 Å². The Labute approximate surface area is 72.5 Å². The minimum atomic E-state index is -0.244. The van der Waals surface area contributed by atoms with Crippen molar-refractivity contribution in [3.05, 3.63) is 0 Å². The third-order valence-corrected chi connectivity index (χ3v) is 3.13.